The van der Waals surface area contributed by atoms with E-state index in [-0.39, 0.29) is 27.4 Å². The lowest BCUT2D eigenvalue weighted by molar-refractivity contribution is -0.0327. The molecular weight excluding hydrogens is 223 g/mol. The predicted octanol–water partition coefficient (Wildman–Crippen LogP) is 3.53. The molecule has 0 saturated carbocycles. The smallest absolute Gasteiger partial charge is 0.398 e. The highest BCUT2D eigenvalue weighted by atomic mass is 35.5. The molecule has 0 bridgehead atoms. The largest absolute Gasteiger partial charge is 0.446 e. The molecule has 0 aromatic heterocycles. The first-order chi connectivity index (χ1) is 5.88. The minimum Gasteiger partial charge on any atom is -0.398 e. The predicted molar refractivity (Wildman–Crippen MR) is 47.8 cm³/mol. The molecule has 0 amide bonds. The summed E-state index contributed by atoms with van der Waals surface area (Å²) in [4.78, 5) is -0.0694. The van der Waals surface area contributed by atoms with Crippen molar-refractivity contribution < 1.29 is 13.2 Å². The Hall–Kier alpha value is -0.550. The van der Waals surface area contributed by atoms with Crippen molar-refractivity contribution in [3.05, 3.63) is 23.2 Å². The highest BCUT2D eigenvalue weighted by molar-refractivity contribution is 8.00. The molecule has 1 nitrogen and oxygen atoms in total. The maximum absolute atomic E-state index is 11.9. The van der Waals surface area contributed by atoms with Gasteiger partial charge < -0.3 is 5.73 Å². The fourth-order valence-corrected chi connectivity index (χ4v) is 1.58. The lowest BCUT2D eigenvalue weighted by Gasteiger charge is -2.07. The van der Waals surface area contributed by atoms with Gasteiger partial charge >= 0.3 is 5.51 Å². The Kier molecular flexibility index (Phi) is 2.98. The molecule has 0 aliphatic rings. The van der Waals surface area contributed by atoms with Gasteiger partial charge in [0.25, 0.3) is 0 Å². The maximum atomic E-state index is 11.9. The Labute approximate surface area is 82.1 Å². The summed E-state index contributed by atoms with van der Waals surface area (Å²) in [5.41, 5.74) is 1.06. The highest BCUT2D eigenvalue weighted by Crippen LogP contribution is 2.40. The second kappa shape index (κ2) is 3.67. The summed E-state index contributed by atoms with van der Waals surface area (Å²) in [5.74, 6) is 0. The van der Waals surface area contributed by atoms with Gasteiger partial charge in [0.2, 0.25) is 0 Å². The van der Waals surface area contributed by atoms with Gasteiger partial charge in [-0.3, -0.25) is 0 Å². The molecule has 0 unspecified atom stereocenters. The molecular formula is C7H5ClF3NS. The summed E-state index contributed by atoms with van der Waals surface area (Å²) >= 11 is 5.24. The minimum absolute atomic E-state index is 0.0694. The van der Waals surface area contributed by atoms with E-state index in [0.717, 1.165) is 0 Å². The fourth-order valence-electron chi connectivity index (χ4n) is 0.721. The summed E-state index contributed by atoms with van der Waals surface area (Å²) in [6, 6.07) is 3.97. The van der Waals surface area contributed by atoms with Crippen LogP contribution in [0.3, 0.4) is 0 Å². The van der Waals surface area contributed by atoms with Gasteiger partial charge in [-0.25, -0.2) is 0 Å². The van der Waals surface area contributed by atoms with Crippen molar-refractivity contribution in [1.29, 1.82) is 0 Å². The lowest BCUT2D eigenvalue weighted by Crippen LogP contribution is -2.00. The second-order valence-electron chi connectivity index (χ2n) is 2.23. The van der Waals surface area contributed by atoms with E-state index in [9.17, 15) is 13.2 Å². The molecule has 0 aliphatic heterocycles. The molecule has 1 aromatic rings. The summed E-state index contributed by atoms with van der Waals surface area (Å²) in [6.45, 7) is 0. The van der Waals surface area contributed by atoms with E-state index in [0.29, 0.717) is 0 Å². The molecule has 72 valence electrons. The topological polar surface area (TPSA) is 26.0 Å². The van der Waals surface area contributed by atoms with Gasteiger partial charge in [0.15, 0.2) is 0 Å². The van der Waals surface area contributed by atoms with Crippen molar-refractivity contribution in [2.24, 2.45) is 0 Å². The van der Waals surface area contributed by atoms with Crippen molar-refractivity contribution in [2.45, 2.75) is 10.4 Å². The van der Waals surface area contributed by atoms with E-state index < -0.39 is 5.51 Å². The van der Waals surface area contributed by atoms with Gasteiger partial charge in [0.1, 0.15) is 0 Å². The van der Waals surface area contributed by atoms with Crippen molar-refractivity contribution in [3.8, 4) is 0 Å². The van der Waals surface area contributed by atoms with Crippen LogP contribution in [0.4, 0.5) is 18.9 Å². The van der Waals surface area contributed by atoms with E-state index in [1.54, 1.807) is 0 Å². The Balaban J connectivity index is 2.94. The number of benzene rings is 1. The number of nitrogen functional groups attached to an aromatic ring is 1. The molecule has 2 N–H and O–H groups in total. The van der Waals surface area contributed by atoms with Crippen LogP contribution in [0.25, 0.3) is 0 Å². The zero-order valence-corrected chi connectivity index (χ0v) is 7.80. The molecule has 1 rings (SSSR count). The Morgan fingerprint density at radius 2 is 1.92 bits per heavy atom. The maximum Gasteiger partial charge on any atom is 0.446 e. The molecule has 0 radical (unpaired) electrons. The monoisotopic (exact) mass is 227 g/mol. The molecule has 6 heteroatoms. The molecule has 0 spiro atoms. The third-order valence-electron chi connectivity index (χ3n) is 1.20. The van der Waals surface area contributed by atoms with E-state index in [1.165, 1.54) is 18.2 Å². The molecule has 0 fully saturated rings. The van der Waals surface area contributed by atoms with Gasteiger partial charge in [-0.1, -0.05) is 11.6 Å². The van der Waals surface area contributed by atoms with Crippen molar-refractivity contribution in [1.82, 2.24) is 0 Å². The minimum atomic E-state index is -4.33. The quantitative estimate of drug-likeness (QED) is 0.587. The van der Waals surface area contributed by atoms with E-state index >= 15 is 0 Å². The molecule has 13 heavy (non-hydrogen) atoms. The van der Waals surface area contributed by atoms with Crippen LogP contribution in [0.2, 0.25) is 5.02 Å². The molecule has 0 saturated heterocycles. The number of hydrogen-bond acceptors (Lipinski definition) is 2. The summed E-state index contributed by atoms with van der Waals surface area (Å²) in [7, 11) is 0. The highest BCUT2D eigenvalue weighted by Gasteiger charge is 2.30. The fraction of sp³-hybridized carbons (Fsp3) is 0.143. The first-order valence-corrected chi connectivity index (χ1v) is 4.39. The summed E-state index contributed by atoms with van der Waals surface area (Å²) < 4.78 is 35.8. The number of thioether (sulfide) groups is 1. The number of nitrogens with two attached hydrogens (primary N) is 1. The Bertz CT molecular complexity index is 313. The number of halogens is 4. The SMILES string of the molecule is Nc1ccc(Cl)cc1SC(F)(F)F. The van der Waals surface area contributed by atoms with Crippen molar-refractivity contribution >= 4 is 29.1 Å². The second-order valence-corrected chi connectivity index (χ2v) is 3.77. The van der Waals surface area contributed by atoms with E-state index in [2.05, 4.69) is 0 Å². The molecule has 1 aromatic carbocycles. The van der Waals surface area contributed by atoms with Crippen LogP contribution in [0, 0.1) is 0 Å². The van der Waals surface area contributed by atoms with Crippen LogP contribution in [-0.2, 0) is 0 Å². The first kappa shape index (κ1) is 10.5. The summed E-state index contributed by atoms with van der Waals surface area (Å²) in [6.07, 6.45) is 0. The normalized spacial score (nSPS) is 11.7. The lowest BCUT2D eigenvalue weighted by atomic mass is 10.3. The van der Waals surface area contributed by atoms with Crippen molar-refractivity contribution in [3.63, 3.8) is 0 Å². The van der Waals surface area contributed by atoms with Crippen LogP contribution in [-0.4, -0.2) is 5.51 Å². The molecule has 0 aliphatic carbocycles. The number of anilines is 1. The Morgan fingerprint density at radius 3 is 2.46 bits per heavy atom. The number of hydrogen-bond donors (Lipinski definition) is 1. The van der Waals surface area contributed by atoms with E-state index in [1.807, 2.05) is 0 Å². The standard InChI is InChI=1S/C7H5ClF3NS/c8-4-1-2-5(12)6(3-4)13-7(9,10)11/h1-3H,12H2. The van der Waals surface area contributed by atoms with Gasteiger partial charge in [-0.15, -0.1) is 0 Å². The zero-order chi connectivity index (χ0) is 10.1. The summed E-state index contributed by atoms with van der Waals surface area (Å²) in [5, 5.41) is 0.237. The van der Waals surface area contributed by atoms with Gasteiger partial charge in [-0.2, -0.15) is 13.2 Å². The zero-order valence-electron chi connectivity index (χ0n) is 6.23. The molecule has 0 heterocycles. The number of rotatable bonds is 1. The van der Waals surface area contributed by atoms with Crippen LogP contribution in [0.5, 0.6) is 0 Å². The molecule has 0 atom stereocenters. The number of alkyl halides is 3. The van der Waals surface area contributed by atoms with Crippen LogP contribution in [0.15, 0.2) is 23.1 Å². The first-order valence-electron chi connectivity index (χ1n) is 3.19. The van der Waals surface area contributed by atoms with Gasteiger partial charge in [0.05, 0.1) is 0 Å². The van der Waals surface area contributed by atoms with Crippen LogP contribution in [0.1, 0.15) is 0 Å². The van der Waals surface area contributed by atoms with Gasteiger partial charge in [0, 0.05) is 15.6 Å². The van der Waals surface area contributed by atoms with Crippen LogP contribution >= 0.6 is 23.4 Å². The van der Waals surface area contributed by atoms with Crippen molar-refractivity contribution in [2.75, 3.05) is 5.73 Å². The van der Waals surface area contributed by atoms with E-state index in [4.69, 9.17) is 17.3 Å². The average Bonchev–Trinajstić information content (AvgIpc) is 1.94. The van der Waals surface area contributed by atoms with Crippen LogP contribution < -0.4 is 5.73 Å². The van der Waals surface area contributed by atoms with Gasteiger partial charge in [-0.05, 0) is 30.0 Å². The third kappa shape index (κ3) is 3.36. The average molecular weight is 228 g/mol. The Morgan fingerprint density at radius 1 is 1.31 bits per heavy atom. The third-order valence-corrected chi connectivity index (χ3v) is 2.24.